The van der Waals surface area contributed by atoms with Crippen LogP contribution in [-0.4, -0.2) is 16.7 Å². The number of benzene rings is 1. The Bertz CT molecular complexity index is 664. The van der Waals surface area contributed by atoms with Crippen molar-refractivity contribution in [3.8, 4) is 0 Å². The molecular weight excluding hydrogens is 290 g/mol. The van der Waals surface area contributed by atoms with Crippen molar-refractivity contribution in [2.45, 2.75) is 12.8 Å². The molecule has 8 heteroatoms. The Labute approximate surface area is 125 Å². The average Bonchev–Trinajstić information content (AvgIpc) is 3.04. The number of nitrogens with one attached hydrogen (secondary N) is 2. The Hall–Kier alpha value is -3.16. The maximum atomic E-state index is 11.7. The summed E-state index contributed by atoms with van der Waals surface area (Å²) < 4.78 is 5.09. The smallest absolute Gasteiger partial charge is 0.269 e. The predicted octanol–water partition coefficient (Wildman–Crippen LogP) is 1.58. The molecule has 2 amide bonds. The molecule has 8 nitrogen and oxygen atoms in total. The quantitative estimate of drug-likeness (QED) is 0.643. The fourth-order valence-electron chi connectivity index (χ4n) is 1.69. The van der Waals surface area contributed by atoms with Crippen LogP contribution in [0.25, 0.3) is 0 Å². The molecule has 114 valence electrons. The molecule has 0 atom stereocenters. The Kier molecular flexibility index (Phi) is 4.86. The number of non-ortho nitro benzene ring substituents is 1. The number of carbonyl (C=O) groups is 2. The van der Waals surface area contributed by atoms with Gasteiger partial charge in [0.15, 0.2) is 0 Å². The van der Waals surface area contributed by atoms with Crippen molar-refractivity contribution in [1.82, 2.24) is 10.9 Å². The van der Waals surface area contributed by atoms with Crippen LogP contribution in [0.15, 0.2) is 47.1 Å². The van der Waals surface area contributed by atoms with Gasteiger partial charge in [0.1, 0.15) is 5.76 Å². The van der Waals surface area contributed by atoms with E-state index in [1.54, 1.807) is 12.1 Å². The number of carbonyl (C=O) groups excluding carboxylic acids is 2. The van der Waals surface area contributed by atoms with Crippen LogP contribution in [0.3, 0.4) is 0 Å². The second-order valence-corrected chi connectivity index (χ2v) is 4.39. The Morgan fingerprint density at radius 1 is 1.14 bits per heavy atom. The zero-order valence-corrected chi connectivity index (χ0v) is 11.4. The summed E-state index contributed by atoms with van der Waals surface area (Å²) in [6, 6.07) is 8.53. The highest BCUT2D eigenvalue weighted by atomic mass is 16.6. The summed E-state index contributed by atoms with van der Waals surface area (Å²) in [6.45, 7) is 0. The lowest BCUT2D eigenvalue weighted by molar-refractivity contribution is -0.384. The number of nitro benzene ring substituents is 1. The van der Waals surface area contributed by atoms with E-state index in [0.29, 0.717) is 12.2 Å². The zero-order chi connectivity index (χ0) is 15.9. The van der Waals surface area contributed by atoms with Gasteiger partial charge in [-0.2, -0.15) is 0 Å². The summed E-state index contributed by atoms with van der Waals surface area (Å²) >= 11 is 0. The van der Waals surface area contributed by atoms with Gasteiger partial charge in [-0.3, -0.25) is 30.6 Å². The van der Waals surface area contributed by atoms with Gasteiger partial charge >= 0.3 is 0 Å². The summed E-state index contributed by atoms with van der Waals surface area (Å²) in [7, 11) is 0. The van der Waals surface area contributed by atoms with Gasteiger partial charge in [0.25, 0.3) is 11.6 Å². The van der Waals surface area contributed by atoms with Crippen molar-refractivity contribution in [1.29, 1.82) is 0 Å². The lowest BCUT2D eigenvalue weighted by atomic mass is 10.2. The Morgan fingerprint density at radius 3 is 2.45 bits per heavy atom. The molecule has 1 aromatic heterocycles. The maximum Gasteiger partial charge on any atom is 0.269 e. The number of nitro groups is 1. The van der Waals surface area contributed by atoms with E-state index in [9.17, 15) is 19.7 Å². The third-order valence-corrected chi connectivity index (χ3v) is 2.83. The SMILES string of the molecule is O=C(CCc1ccco1)NNC(=O)c1ccc([N+](=O)[O-])cc1. The predicted molar refractivity (Wildman–Crippen MR) is 75.7 cm³/mol. The Morgan fingerprint density at radius 2 is 1.86 bits per heavy atom. The summed E-state index contributed by atoms with van der Waals surface area (Å²) in [4.78, 5) is 33.3. The molecular formula is C14H13N3O5. The first-order chi connectivity index (χ1) is 10.6. The molecule has 0 radical (unpaired) electrons. The molecule has 1 aromatic carbocycles. The van der Waals surface area contributed by atoms with Gasteiger partial charge < -0.3 is 4.42 Å². The summed E-state index contributed by atoms with van der Waals surface area (Å²) in [5.74, 6) is -0.246. The number of rotatable bonds is 5. The van der Waals surface area contributed by atoms with Crippen molar-refractivity contribution >= 4 is 17.5 Å². The molecule has 0 spiro atoms. The second-order valence-electron chi connectivity index (χ2n) is 4.39. The van der Waals surface area contributed by atoms with Gasteiger partial charge in [-0.15, -0.1) is 0 Å². The van der Waals surface area contributed by atoms with Crippen LogP contribution in [0.4, 0.5) is 5.69 Å². The van der Waals surface area contributed by atoms with Crippen LogP contribution in [0.2, 0.25) is 0 Å². The number of hydrogen-bond acceptors (Lipinski definition) is 5. The fraction of sp³-hybridized carbons (Fsp3) is 0.143. The van der Waals surface area contributed by atoms with E-state index in [4.69, 9.17) is 4.42 Å². The number of hydrazine groups is 1. The first kappa shape index (κ1) is 15.2. The largest absolute Gasteiger partial charge is 0.469 e. The van der Waals surface area contributed by atoms with Crippen LogP contribution in [0.1, 0.15) is 22.5 Å². The minimum Gasteiger partial charge on any atom is -0.469 e. The highest BCUT2D eigenvalue weighted by Crippen LogP contribution is 2.11. The van der Waals surface area contributed by atoms with Crippen molar-refractivity contribution in [3.05, 3.63) is 64.1 Å². The van der Waals surface area contributed by atoms with Gasteiger partial charge in [0.2, 0.25) is 5.91 Å². The number of nitrogens with zero attached hydrogens (tertiary/aromatic N) is 1. The summed E-state index contributed by atoms with van der Waals surface area (Å²) in [5.41, 5.74) is 4.60. The third kappa shape index (κ3) is 4.17. The highest BCUT2D eigenvalue weighted by molar-refractivity contribution is 5.95. The lowest BCUT2D eigenvalue weighted by Gasteiger charge is -2.06. The number of aryl methyl sites for hydroxylation is 1. The Balaban J connectivity index is 1.79. The summed E-state index contributed by atoms with van der Waals surface area (Å²) in [6.07, 6.45) is 2.10. The van der Waals surface area contributed by atoms with Crippen molar-refractivity contribution in [2.24, 2.45) is 0 Å². The zero-order valence-electron chi connectivity index (χ0n) is 11.4. The lowest BCUT2D eigenvalue weighted by Crippen LogP contribution is -2.41. The average molecular weight is 303 g/mol. The van der Waals surface area contributed by atoms with Crippen molar-refractivity contribution in [2.75, 3.05) is 0 Å². The molecule has 0 bridgehead atoms. The molecule has 2 aromatic rings. The van der Waals surface area contributed by atoms with E-state index in [2.05, 4.69) is 10.9 Å². The maximum absolute atomic E-state index is 11.7. The van der Waals surface area contributed by atoms with Gasteiger partial charge in [0, 0.05) is 30.5 Å². The van der Waals surface area contributed by atoms with Gasteiger partial charge in [0.05, 0.1) is 11.2 Å². The third-order valence-electron chi connectivity index (χ3n) is 2.83. The molecule has 22 heavy (non-hydrogen) atoms. The fourth-order valence-corrected chi connectivity index (χ4v) is 1.69. The standard InChI is InChI=1S/C14H13N3O5/c18-13(8-7-12-2-1-9-22-12)15-16-14(19)10-3-5-11(6-4-10)17(20)21/h1-6,9H,7-8H2,(H,15,18)(H,16,19). The van der Waals surface area contributed by atoms with Gasteiger partial charge in [-0.1, -0.05) is 0 Å². The molecule has 0 saturated carbocycles. The van der Waals surface area contributed by atoms with E-state index < -0.39 is 10.8 Å². The van der Waals surface area contributed by atoms with E-state index in [0.717, 1.165) is 0 Å². The van der Waals surface area contributed by atoms with E-state index in [-0.39, 0.29) is 23.6 Å². The first-order valence-electron chi connectivity index (χ1n) is 6.42. The number of hydrogen-bond donors (Lipinski definition) is 2. The molecule has 0 aliphatic heterocycles. The number of amides is 2. The van der Waals surface area contributed by atoms with E-state index in [1.807, 2.05) is 0 Å². The van der Waals surface area contributed by atoms with Crippen molar-refractivity contribution < 1.29 is 18.9 Å². The second kappa shape index (κ2) is 7.02. The van der Waals surface area contributed by atoms with Crippen molar-refractivity contribution in [3.63, 3.8) is 0 Å². The molecule has 0 fully saturated rings. The minimum absolute atomic E-state index is 0.112. The van der Waals surface area contributed by atoms with E-state index >= 15 is 0 Å². The van der Waals surface area contributed by atoms with Gasteiger partial charge in [-0.25, -0.2) is 0 Å². The molecule has 2 rings (SSSR count). The molecule has 0 aliphatic carbocycles. The molecule has 0 unspecified atom stereocenters. The van der Waals surface area contributed by atoms with Crippen LogP contribution in [-0.2, 0) is 11.2 Å². The highest BCUT2D eigenvalue weighted by Gasteiger charge is 2.10. The molecule has 0 aliphatic rings. The molecule has 0 saturated heterocycles. The van der Waals surface area contributed by atoms with Crippen LogP contribution < -0.4 is 10.9 Å². The van der Waals surface area contributed by atoms with Crippen LogP contribution in [0, 0.1) is 10.1 Å². The van der Waals surface area contributed by atoms with Crippen LogP contribution >= 0.6 is 0 Å². The first-order valence-corrected chi connectivity index (χ1v) is 6.42. The minimum atomic E-state index is -0.557. The number of furan rings is 1. The normalized spacial score (nSPS) is 10.0. The molecule has 1 heterocycles. The monoisotopic (exact) mass is 303 g/mol. The van der Waals surface area contributed by atoms with E-state index in [1.165, 1.54) is 30.5 Å². The topological polar surface area (TPSA) is 114 Å². The van der Waals surface area contributed by atoms with Crippen LogP contribution in [0.5, 0.6) is 0 Å². The van der Waals surface area contributed by atoms with Gasteiger partial charge in [-0.05, 0) is 24.3 Å². The summed E-state index contributed by atoms with van der Waals surface area (Å²) in [5, 5.41) is 10.5. The molecule has 2 N–H and O–H groups in total.